The van der Waals surface area contributed by atoms with Crippen LogP contribution in [0.1, 0.15) is 4.88 Å². The molecule has 0 aliphatic heterocycles. The van der Waals surface area contributed by atoms with Crippen LogP contribution in [0.5, 0.6) is 0 Å². The van der Waals surface area contributed by atoms with Crippen molar-refractivity contribution in [2.45, 2.75) is 0 Å². The highest BCUT2D eigenvalue weighted by Crippen LogP contribution is 2.39. The fraction of sp³-hybridized carbons (Fsp3) is 0.167. The van der Waals surface area contributed by atoms with E-state index in [0.717, 1.165) is 6.54 Å². The van der Waals surface area contributed by atoms with E-state index in [9.17, 15) is 0 Å². The van der Waals surface area contributed by atoms with Crippen molar-refractivity contribution < 1.29 is 0 Å². The molecule has 0 bridgehead atoms. The fourth-order valence-electron chi connectivity index (χ4n) is 3.50. The Morgan fingerprint density at radius 3 is 2.07 bits per heavy atom. The number of benzene rings is 2. The van der Waals surface area contributed by atoms with E-state index in [1.807, 2.05) is 11.3 Å². The second-order valence-corrected chi connectivity index (χ2v) is 10.6. The Kier molecular flexibility index (Phi) is 5.69. The Hall–Kier alpha value is -1.99. The molecule has 0 saturated carbocycles. The van der Waals surface area contributed by atoms with Crippen LogP contribution < -0.4 is 15.2 Å². The van der Waals surface area contributed by atoms with E-state index in [1.54, 1.807) is 0 Å². The number of hydrogen-bond donors (Lipinski definition) is 0. The van der Waals surface area contributed by atoms with Gasteiger partial charge in [0.05, 0.1) is 0 Å². The third kappa shape index (κ3) is 4.14. The summed E-state index contributed by atoms with van der Waals surface area (Å²) in [5.41, 5.74) is 1.45. The first-order valence-corrected chi connectivity index (χ1v) is 11.4. The lowest BCUT2D eigenvalue weighted by Crippen LogP contribution is -2.20. The van der Waals surface area contributed by atoms with Gasteiger partial charge in [0, 0.05) is 22.0 Å². The van der Waals surface area contributed by atoms with E-state index >= 15 is 0 Å². The van der Waals surface area contributed by atoms with Crippen molar-refractivity contribution in [3.8, 4) is 0 Å². The standard InChI is InChI=1S/C24H24NPS/c1-25(2)18-19-10-9-15-22(19)23-16-17-24(27-23)26(20-11-5-3-6-12-20)21-13-7-4-8-14-21/h3-17,19H,18H2,1-2H3. The molecule has 2 aromatic carbocycles. The molecule has 0 saturated heterocycles. The van der Waals surface area contributed by atoms with Crippen molar-refractivity contribution in [1.29, 1.82) is 0 Å². The van der Waals surface area contributed by atoms with Crippen molar-refractivity contribution in [1.82, 2.24) is 4.90 Å². The molecule has 0 spiro atoms. The first-order valence-electron chi connectivity index (χ1n) is 9.26. The largest absolute Gasteiger partial charge is 0.308 e. The summed E-state index contributed by atoms with van der Waals surface area (Å²) in [4.78, 5) is 3.67. The average molecular weight is 390 g/mol. The molecule has 1 aliphatic carbocycles. The van der Waals surface area contributed by atoms with Crippen molar-refractivity contribution in [3.05, 3.63) is 95.9 Å². The van der Waals surface area contributed by atoms with Crippen molar-refractivity contribution in [2.24, 2.45) is 5.92 Å². The summed E-state index contributed by atoms with van der Waals surface area (Å²) < 4.78 is 1.47. The predicted octanol–water partition coefficient (Wildman–Crippen LogP) is 4.64. The minimum Gasteiger partial charge on any atom is -0.308 e. The Morgan fingerprint density at radius 2 is 1.48 bits per heavy atom. The number of thiophene rings is 1. The highest BCUT2D eigenvalue weighted by molar-refractivity contribution is 7.84. The van der Waals surface area contributed by atoms with Gasteiger partial charge in [0.25, 0.3) is 0 Å². The predicted molar refractivity (Wildman–Crippen MR) is 122 cm³/mol. The lowest BCUT2D eigenvalue weighted by molar-refractivity contribution is 0.391. The lowest BCUT2D eigenvalue weighted by Gasteiger charge is -2.18. The molecule has 1 aromatic heterocycles. The molecule has 1 heterocycles. The minimum absolute atomic E-state index is 0.492. The second-order valence-electron chi connectivity index (χ2n) is 7.02. The monoisotopic (exact) mass is 389 g/mol. The molecule has 0 fully saturated rings. The summed E-state index contributed by atoms with van der Waals surface area (Å²) in [6.07, 6.45) is 6.82. The zero-order valence-corrected chi connectivity index (χ0v) is 17.5. The minimum atomic E-state index is -0.510. The van der Waals surface area contributed by atoms with Crippen LogP contribution in [-0.4, -0.2) is 25.5 Å². The molecular weight excluding hydrogens is 365 g/mol. The van der Waals surface area contributed by atoms with E-state index in [0.29, 0.717) is 5.92 Å². The van der Waals surface area contributed by atoms with E-state index in [-0.39, 0.29) is 0 Å². The van der Waals surface area contributed by atoms with Gasteiger partial charge in [-0.15, -0.1) is 11.3 Å². The Labute approximate surface area is 167 Å². The Bertz CT molecular complexity index is 901. The van der Waals surface area contributed by atoms with E-state index in [4.69, 9.17) is 0 Å². The van der Waals surface area contributed by atoms with Gasteiger partial charge in [0.1, 0.15) is 0 Å². The molecule has 136 valence electrons. The van der Waals surface area contributed by atoms with Crippen LogP contribution in [0.3, 0.4) is 0 Å². The van der Waals surface area contributed by atoms with Crippen LogP contribution in [0.2, 0.25) is 0 Å². The first kappa shape index (κ1) is 18.4. The zero-order valence-electron chi connectivity index (χ0n) is 15.7. The second kappa shape index (κ2) is 8.35. The van der Waals surface area contributed by atoms with Gasteiger partial charge in [-0.3, -0.25) is 0 Å². The van der Waals surface area contributed by atoms with E-state index in [1.165, 1.54) is 25.7 Å². The third-order valence-corrected chi connectivity index (χ3v) is 8.68. The Morgan fingerprint density at radius 1 is 0.852 bits per heavy atom. The van der Waals surface area contributed by atoms with Crippen LogP contribution in [0.4, 0.5) is 0 Å². The van der Waals surface area contributed by atoms with Gasteiger partial charge >= 0.3 is 0 Å². The average Bonchev–Trinajstić information content (AvgIpc) is 3.33. The quantitative estimate of drug-likeness (QED) is 0.555. The summed E-state index contributed by atoms with van der Waals surface area (Å²) in [6.45, 7) is 1.06. The topological polar surface area (TPSA) is 3.24 Å². The summed E-state index contributed by atoms with van der Waals surface area (Å²) in [5.74, 6) is 0.492. The molecule has 0 N–H and O–H groups in total. The van der Waals surface area contributed by atoms with Gasteiger partial charge in [-0.2, -0.15) is 0 Å². The molecule has 27 heavy (non-hydrogen) atoms. The van der Waals surface area contributed by atoms with Gasteiger partial charge in [-0.1, -0.05) is 78.9 Å². The summed E-state index contributed by atoms with van der Waals surface area (Å²) in [7, 11) is 3.78. The molecule has 4 rings (SSSR count). The van der Waals surface area contributed by atoms with Gasteiger partial charge in [0.15, 0.2) is 0 Å². The van der Waals surface area contributed by atoms with Crippen LogP contribution >= 0.6 is 19.3 Å². The highest BCUT2D eigenvalue weighted by Gasteiger charge is 2.22. The number of allylic oxidation sites excluding steroid dienone is 2. The third-order valence-electron chi connectivity index (χ3n) is 4.71. The van der Waals surface area contributed by atoms with Gasteiger partial charge in [0.2, 0.25) is 0 Å². The van der Waals surface area contributed by atoms with Gasteiger partial charge < -0.3 is 4.90 Å². The maximum Gasteiger partial charge on any atom is 0.0375 e. The summed E-state index contributed by atoms with van der Waals surface area (Å²) >= 11 is 1.96. The fourth-order valence-corrected chi connectivity index (χ4v) is 7.60. The zero-order chi connectivity index (χ0) is 18.6. The molecule has 3 heteroatoms. The van der Waals surface area contributed by atoms with E-state index < -0.39 is 7.92 Å². The molecule has 0 radical (unpaired) electrons. The number of nitrogens with zero attached hydrogens (tertiary/aromatic N) is 1. The molecule has 1 nitrogen and oxygen atoms in total. The SMILES string of the molecule is CN(C)CC1C=CC=C1c1ccc(P(c2ccccc2)c2ccccc2)s1. The normalized spacial score (nSPS) is 16.3. The molecule has 1 aliphatic rings. The molecule has 3 aromatic rings. The van der Waals surface area contributed by atoms with Crippen LogP contribution in [-0.2, 0) is 0 Å². The van der Waals surface area contributed by atoms with Crippen LogP contribution in [0.15, 0.2) is 91.0 Å². The lowest BCUT2D eigenvalue weighted by atomic mass is 10.0. The van der Waals surface area contributed by atoms with Crippen LogP contribution in [0.25, 0.3) is 5.57 Å². The summed E-state index contributed by atoms with van der Waals surface area (Å²) in [6, 6.07) is 26.5. The number of rotatable bonds is 6. The van der Waals surface area contributed by atoms with E-state index in [2.05, 4.69) is 110 Å². The van der Waals surface area contributed by atoms with Crippen molar-refractivity contribution in [3.63, 3.8) is 0 Å². The highest BCUT2D eigenvalue weighted by atomic mass is 32.1. The summed E-state index contributed by atoms with van der Waals surface area (Å²) in [5, 5.41) is 2.82. The van der Waals surface area contributed by atoms with Crippen molar-refractivity contribution in [2.75, 3.05) is 20.6 Å². The molecule has 1 atom stereocenters. The maximum absolute atomic E-state index is 2.34. The smallest absolute Gasteiger partial charge is 0.0375 e. The van der Waals surface area contributed by atoms with Crippen molar-refractivity contribution >= 4 is 40.1 Å². The van der Waals surface area contributed by atoms with Gasteiger partial charge in [-0.05, 0) is 50.3 Å². The maximum atomic E-state index is 2.34. The van der Waals surface area contributed by atoms with Gasteiger partial charge in [-0.25, -0.2) is 0 Å². The molecule has 0 amide bonds. The van der Waals surface area contributed by atoms with Crippen LogP contribution in [0, 0.1) is 5.92 Å². The molecule has 1 unspecified atom stereocenters. The first-order chi connectivity index (χ1) is 13.2. The Balaban J connectivity index is 1.69. The number of hydrogen-bond acceptors (Lipinski definition) is 2. The molecular formula is C24H24NPS.